The Balaban J connectivity index is 2.15. The highest BCUT2D eigenvalue weighted by Gasteiger charge is 2.25. The molecule has 0 heterocycles. The van der Waals surface area contributed by atoms with Gasteiger partial charge in [-0.3, -0.25) is 9.59 Å². The largest absolute Gasteiger partial charge is 0.481 e. The van der Waals surface area contributed by atoms with E-state index >= 15 is 0 Å². The number of anilines is 1. The van der Waals surface area contributed by atoms with Crippen molar-refractivity contribution in [1.82, 2.24) is 4.31 Å². The van der Waals surface area contributed by atoms with E-state index in [2.05, 4.69) is 5.32 Å². The first kappa shape index (κ1) is 23.9. The molecule has 0 radical (unpaired) electrons. The minimum atomic E-state index is -3.78. The Labute approximate surface area is 182 Å². The molecule has 0 unspecified atom stereocenters. The van der Waals surface area contributed by atoms with E-state index in [0.29, 0.717) is 24.4 Å². The number of ketones is 1. The molecule has 0 aliphatic rings. The van der Waals surface area contributed by atoms with Crippen molar-refractivity contribution < 1.29 is 22.7 Å². The third-order valence-corrected chi connectivity index (χ3v) is 7.00. The number of sulfonamides is 1. The zero-order valence-corrected chi connectivity index (χ0v) is 18.9. The van der Waals surface area contributed by atoms with Crippen molar-refractivity contribution in [2.45, 2.75) is 38.7 Å². The van der Waals surface area contributed by atoms with Gasteiger partial charge in [0.25, 0.3) is 5.91 Å². The van der Waals surface area contributed by atoms with Crippen molar-refractivity contribution in [3.8, 4) is 5.75 Å². The lowest BCUT2D eigenvalue weighted by atomic mass is 10.1. The lowest BCUT2D eigenvalue weighted by molar-refractivity contribution is -0.122. The number of hydrogen-bond donors (Lipinski definition) is 1. The maximum Gasteiger partial charge on any atom is 0.265 e. The Morgan fingerprint density at radius 2 is 1.70 bits per heavy atom. The summed E-state index contributed by atoms with van der Waals surface area (Å²) in [5.41, 5.74) is 0.833. The molecule has 162 valence electrons. The molecular weight excluding hydrogens is 428 g/mol. The number of carbonyl (C=O) groups excluding carboxylic acids is 2. The van der Waals surface area contributed by atoms with Crippen molar-refractivity contribution in [1.29, 1.82) is 0 Å². The van der Waals surface area contributed by atoms with Gasteiger partial charge in [0.1, 0.15) is 10.6 Å². The van der Waals surface area contributed by atoms with Crippen LogP contribution < -0.4 is 10.1 Å². The van der Waals surface area contributed by atoms with Crippen LogP contribution in [-0.4, -0.2) is 43.6 Å². The Kier molecular flexibility index (Phi) is 8.00. The molecule has 0 saturated heterocycles. The predicted molar refractivity (Wildman–Crippen MR) is 117 cm³/mol. The Morgan fingerprint density at radius 1 is 1.10 bits per heavy atom. The molecule has 0 aliphatic carbocycles. The second kappa shape index (κ2) is 10.1. The quantitative estimate of drug-likeness (QED) is 0.581. The van der Waals surface area contributed by atoms with Crippen LogP contribution in [0.1, 0.15) is 38.1 Å². The minimum absolute atomic E-state index is 0.0643. The fourth-order valence-electron chi connectivity index (χ4n) is 2.75. The molecule has 7 nitrogen and oxygen atoms in total. The van der Waals surface area contributed by atoms with Crippen molar-refractivity contribution >= 4 is 39.0 Å². The Morgan fingerprint density at radius 3 is 2.23 bits per heavy atom. The lowest BCUT2D eigenvalue weighted by Gasteiger charge is -2.20. The van der Waals surface area contributed by atoms with Crippen molar-refractivity contribution in [2.75, 3.05) is 18.4 Å². The number of Topliss-reactive ketones (excluding diaryl/α,β-unsaturated/α-hetero) is 1. The summed E-state index contributed by atoms with van der Waals surface area (Å²) in [5.74, 6) is -0.0896. The number of nitrogens with zero attached hydrogens (tertiary/aromatic N) is 1. The van der Waals surface area contributed by atoms with Gasteiger partial charge in [-0.05, 0) is 56.3 Å². The monoisotopic (exact) mass is 452 g/mol. The van der Waals surface area contributed by atoms with Crippen LogP contribution in [0.5, 0.6) is 5.75 Å². The fourth-order valence-corrected chi connectivity index (χ4v) is 4.71. The number of benzene rings is 2. The summed E-state index contributed by atoms with van der Waals surface area (Å²) in [7, 11) is -3.78. The van der Waals surface area contributed by atoms with E-state index < -0.39 is 22.0 Å². The molecule has 0 bridgehead atoms. The van der Waals surface area contributed by atoms with Gasteiger partial charge < -0.3 is 10.1 Å². The maximum atomic E-state index is 12.8. The number of ether oxygens (including phenoxy) is 1. The van der Waals surface area contributed by atoms with Gasteiger partial charge in [-0.1, -0.05) is 25.4 Å². The van der Waals surface area contributed by atoms with Gasteiger partial charge in [-0.15, -0.1) is 0 Å². The molecule has 0 saturated carbocycles. The van der Waals surface area contributed by atoms with Crippen LogP contribution in [0.25, 0.3) is 0 Å². The minimum Gasteiger partial charge on any atom is -0.481 e. The first-order valence-electron chi connectivity index (χ1n) is 9.48. The average molecular weight is 453 g/mol. The van der Waals surface area contributed by atoms with Gasteiger partial charge in [0.2, 0.25) is 10.0 Å². The van der Waals surface area contributed by atoms with Crippen LogP contribution in [0.3, 0.4) is 0 Å². The molecule has 0 spiro atoms. The molecule has 0 aromatic heterocycles. The van der Waals surface area contributed by atoms with Crippen molar-refractivity contribution in [3.05, 3.63) is 53.1 Å². The van der Waals surface area contributed by atoms with Gasteiger partial charge in [0.05, 0.1) is 5.02 Å². The smallest absolute Gasteiger partial charge is 0.265 e. The van der Waals surface area contributed by atoms with E-state index in [-0.39, 0.29) is 21.4 Å². The number of amides is 1. The van der Waals surface area contributed by atoms with Crippen LogP contribution >= 0.6 is 11.6 Å². The molecule has 9 heteroatoms. The third kappa shape index (κ3) is 5.59. The first-order chi connectivity index (χ1) is 14.1. The zero-order chi connectivity index (χ0) is 22.5. The summed E-state index contributed by atoms with van der Waals surface area (Å²) in [6.45, 7) is 7.12. The van der Waals surface area contributed by atoms with E-state index in [4.69, 9.17) is 16.3 Å². The van der Waals surface area contributed by atoms with Gasteiger partial charge >= 0.3 is 0 Å². The van der Waals surface area contributed by atoms with Crippen LogP contribution in [0, 0.1) is 0 Å². The summed E-state index contributed by atoms with van der Waals surface area (Å²) in [5, 5.41) is 2.73. The number of halogens is 1. The molecule has 1 N–H and O–H groups in total. The first-order valence-corrected chi connectivity index (χ1v) is 11.3. The van der Waals surface area contributed by atoms with E-state index in [1.54, 1.807) is 45.0 Å². The van der Waals surface area contributed by atoms with Gasteiger partial charge in [-0.25, -0.2) is 8.42 Å². The number of rotatable bonds is 9. The summed E-state index contributed by atoms with van der Waals surface area (Å²) < 4.78 is 32.5. The summed E-state index contributed by atoms with van der Waals surface area (Å²) in [4.78, 5) is 23.8. The maximum absolute atomic E-state index is 12.8. The molecule has 0 fully saturated rings. The van der Waals surface area contributed by atoms with Crippen LogP contribution in [0.2, 0.25) is 5.02 Å². The highest BCUT2D eigenvalue weighted by atomic mass is 35.5. The predicted octanol–water partition coefficient (Wildman–Crippen LogP) is 3.98. The molecule has 0 aliphatic heterocycles. The third-order valence-electron chi connectivity index (χ3n) is 4.46. The normalized spacial score (nSPS) is 12.5. The van der Waals surface area contributed by atoms with E-state index in [1.165, 1.54) is 29.4 Å². The summed E-state index contributed by atoms with van der Waals surface area (Å²) >= 11 is 6.11. The number of hydrogen-bond acceptors (Lipinski definition) is 5. The number of nitrogens with one attached hydrogen (secondary N) is 1. The van der Waals surface area contributed by atoms with Crippen molar-refractivity contribution in [2.24, 2.45) is 0 Å². The Bertz CT molecular complexity index is 1020. The Hall–Kier alpha value is -2.42. The molecule has 2 aromatic rings. The molecule has 2 aromatic carbocycles. The van der Waals surface area contributed by atoms with Crippen LogP contribution in [0.15, 0.2) is 47.4 Å². The second-order valence-electron chi connectivity index (χ2n) is 6.56. The van der Waals surface area contributed by atoms with E-state index in [1.807, 2.05) is 0 Å². The second-order valence-corrected chi connectivity index (χ2v) is 8.88. The molecule has 2 rings (SSSR count). The van der Waals surface area contributed by atoms with Gasteiger partial charge in [0.15, 0.2) is 11.9 Å². The van der Waals surface area contributed by atoms with Crippen LogP contribution in [-0.2, 0) is 14.8 Å². The molecule has 1 atom stereocenters. The van der Waals surface area contributed by atoms with E-state index in [9.17, 15) is 18.0 Å². The lowest BCUT2D eigenvalue weighted by Crippen LogP contribution is -2.31. The zero-order valence-electron chi connectivity index (χ0n) is 17.3. The fraction of sp³-hybridized carbons (Fsp3) is 0.333. The summed E-state index contributed by atoms with van der Waals surface area (Å²) in [6, 6.07) is 10.7. The number of carbonyl (C=O) groups is 2. The standard InChI is InChI=1S/C21H25ClN2O5S/c1-5-24(6-2)30(27,28)20-13-17(9-12-19(20)22)23-21(26)15(4)29-18-10-7-16(8-11-18)14(3)25/h7-13,15H,5-6H2,1-4H3,(H,23,26)/t15-/m1/s1. The highest BCUT2D eigenvalue weighted by molar-refractivity contribution is 7.89. The van der Waals surface area contributed by atoms with Gasteiger partial charge in [0, 0.05) is 24.3 Å². The molecule has 30 heavy (non-hydrogen) atoms. The summed E-state index contributed by atoms with van der Waals surface area (Å²) in [6.07, 6.45) is -0.855. The molecular formula is C21H25ClN2O5S. The van der Waals surface area contributed by atoms with Crippen LogP contribution in [0.4, 0.5) is 5.69 Å². The topological polar surface area (TPSA) is 92.8 Å². The SMILES string of the molecule is CCN(CC)S(=O)(=O)c1cc(NC(=O)[C@@H](C)Oc2ccc(C(C)=O)cc2)ccc1Cl. The van der Waals surface area contributed by atoms with Crippen molar-refractivity contribution in [3.63, 3.8) is 0 Å². The highest BCUT2D eigenvalue weighted by Crippen LogP contribution is 2.28. The van der Waals surface area contributed by atoms with Gasteiger partial charge in [-0.2, -0.15) is 4.31 Å². The average Bonchev–Trinajstić information content (AvgIpc) is 2.70. The van der Waals surface area contributed by atoms with E-state index in [0.717, 1.165) is 0 Å². The molecule has 1 amide bonds.